The lowest BCUT2D eigenvalue weighted by Gasteiger charge is -2.09. The maximum absolute atomic E-state index is 13.3. The van der Waals surface area contributed by atoms with E-state index in [0.717, 1.165) is 18.2 Å². The maximum Gasteiger partial charge on any atom is 0.167 e. The van der Waals surface area contributed by atoms with Crippen LogP contribution >= 0.6 is 0 Å². The quantitative estimate of drug-likeness (QED) is 0.668. The number of benzene rings is 2. The minimum atomic E-state index is -0.840. The van der Waals surface area contributed by atoms with Crippen molar-refractivity contribution in [1.82, 2.24) is 0 Å². The van der Waals surface area contributed by atoms with E-state index in [-0.39, 0.29) is 23.8 Å². The molecule has 0 heterocycles. The van der Waals surface area contributed by atoms with Crippen molar-refractivity contribution in [2.24, 2.45) is 5.73 Å². The summed E-state index contributed by atoms with van der Waals surface area (Å²) in [5.74, 6) is -2.54. The summed E-state index contributed by atoms with van der Waals surface area (Å²) >= 11 is 0. The monoisotopic (exact) mass is 280 g/mol. The molecule has 0 atom stereocenters. The molecule has 2 aromatic rings. The number of hydrogen-bond acceptors (Lipinski definition) is 2. The Bertz CT molecular complexity index is 659. The van der Waals surface area contributed by atoms with Crippen LogP contribution < -0.4 is 10.5 Å². The van der Waals surface area contributed by atoms with Gasteiger partial charge in [0.25, 0.3) is 0 Å². The van der Waals surface area contributed by atoms with E-state index in [2.05, 4.69) is 0 Å². The van der Waals surface area contributed by atoms with Gasteiger partial charge >= 0.3 is 0 Å². The Morgan fingerprint density at radius 1 is 1.05 bits per heavy atom. The summed E-state index contributed by atoms with van der Waals surface area (Å²) in [5, 5.41) is 7.25. The highest BCUT2D eigenvalue weighted by Gasteiger charge is 2.07. The van der Waals surface area contributed by atoms with Crippen LogP contribution in [0.5, 0.6) is 5.75 Å². The zero-order valence-corrected chi connectivity index (χ0v) is 10.3. The van der Waals surface area contributed by atoms with Crippen LogP contribution in [-0.2, 0) is 6.61 Å². The number of nitrogens with one attached hydrogen (secondary N) is 1. The van der Waals surface area contributed by atoms with Gasteiger partial charge in [-0.25, -0.2) is 13.2 Å². The van der Waals surface area contributed by atoms with Gasteiger partial charge in [0.15, 0.2) is 11.6 Å². The molecule has 0 spiro atoms. The SMILES string of the molecule is N=C(N)c1cc(F)cc(COc2ccc(F)cc2F)c1. The number of hydrogen-bond donors (Lipinski definition) is 2. The van der Waals surface area contributed by atoms with E-state index in [0.29, 0.717) is 11.6 Å². The van der Waals surface area contributed by atoms with Crippen molar-refractivity contribution in [2.45, 2.75) is 6.61 Å². The number of rotatable bonds is 4. The lowest BCUT2D eigenvalue weighted by molar-refractivity contribution is 0.289. The first-order valence-electron chi connectivity index (χ1n) is 5.67. The topological polar surface area (TPSA) is 59.1 Å². The minimum Gasteiger partial charge on any atom is -0.486 e. The van der Waals surface area contributed by atoms with E-state index in [1.54, 1.807) is 0 Å². The van der Waals surface area contributed by atoms with Crippen LogP contribution in [0.1, 0.15) is 11.1 Å². The summed E-state index contributed by atoms with van der Waals surface area (Å²) in [4.78, 5) is 0. The van der Waals surface area contributed by atoms with Crippen LogP contribution in [0.4, 0.5) is 13.2 Å². The Labute approximate surface area is 113 Å². The third kappa shape index (κ3) is 3.28. The van der Waals surface area contributed by atoms with Gasteiger partial charge in [0.2, 0.25) is 0 Å². The average molecular weight is 280 g/mol. The standard InChI is InChI=1S/C14H11F3N2O/c15-10-1-2-13(12(17)6-10)20-7-8-3-9(14(18)19)5-11(16)4-8/h1-6H,7H2,(H3,18,19). The third-order valence-electron chi connectivity index (χ3n) is 2.56. The van der Waals surface area contributed by atoms with Crippen LogP contribution in [0.15, 0.2) is 36.4 Å². The number of halogens is 3. The summed E-state index contributed by atoms with van der Waals surface area (Å²) in [6.07, 6.45) is 0. The van der Waals surface area contributed by atoms with Gasteiger partial charge in [-0.2, -0.15) is 0 Å². The maximum atomic E-state index is 13.3. The summed E-state index contributed by atoms with van der Waals surface area (Å²) in [7, 11) is 0. The van der Waals surface area contributed by atoms with Gasteiger partial charge < -0.3 is 10.5 Å². The molecule has 0 amide bonds. The first kappa shape index (κ1) is 13.9. The van der Waals surface area contributed by atoms with Crippen molar-refractivity contribution >= 4 is 5.84 Å². The molecule has 104 valence electrons. The zero-order chi connectivity index (χ0) is 14.7. The fourth-order valence-electron chi connectivity index (χ4n) is 1.64. The Morgan fingerprint density at radius 3 is 2.45 bits per heavy atom. The second kappa shape index (κ2) is 5.64. The molecule has 0 aliphatic heterocycles. The predicted molar refractivity (Wildman–Crippen MR) is 68.1 cm³/mol. The van der Waals surface area contributed by atoms with Crippen LogP contribution in [0.25, 0.3) is 0 Å². The summed E-state index contributed by atoms with van der Waals surface area (Å²) < 4.78 is 44.5. The van der Waals surface area contributed by atoms with Crippen LogP contribution in [0.2, 0.25) is 0 Å². The van der Waals surface area contributed by atoms with Crippen LogP contribution in [0, 0.1) is 22.9 Å². The van der Waals surface area contributed by atoms with Crippen molar-refractivity contribution in [3.05, 3.63) is 65.0 Å². The van der Waals surface area contributed by atoms with Gasteiger partial charge in [-0.15, -0.1) is 0 Å². The minimum absolute atomic E-state index is 0.124. The van der Waals surface area contributed by atoms with E-state index in [4.69, 9.17) is 15.9 Å². The highest BCUT2D eigenvalue weighted by molar-refractivity contribution is 5.95. The van der Waals surface area contributed by atoms with E-state index in [9.17, 15) is 13.2 Å². The molecule has 3 N–H and O–H groups in total. The lowest BCUT2D eigenvalue weighted by atomic mass is 10.1. The highest BCUT2D eigenvalue weighted by Crippen LogP contribution is 2.19. The Balaban J connectivity index is 2.16. The number of amidine groups is 1. The second-order valence-electron chi connectivity index (χ2n) is 4.13. The Kier molecular flexibility index (Phi) is 3.93. The number of nitrogens with two attached hydrogens (primary N) is 1. The van der Waals surface area contributed by atoms with Gasteiger partial charge in [0.1, 0.15) is 24.1 Å². The first-order valence-corrected chi connectivity index (χ1v) is 5.67. The van der Waals surface area contributed by atoms with Crippen molar-refractivity contribution < 1.29 is 17.9 Å². The third-order valence-corrected chi connectivity index (χ3v) is 2.56. The Morgan fingerprint density at radius 2 is 1.80 bits per heavy atom. The summed E-state index contributed by atoms with van der Waals surface area (Å²) in [6.45, 7) is -0.124. The molecule has 3 nitrogen and oxygen atoms in total. The van der Waals surface area contributed by atoms with Crippen LogP contribution in [-0.4, -0.2) is 5.84 Å². The average Bonchev–Trinajstić information content (AvgIpc) is 2.37. The van der Waals surface area contributed by atoms with Crippen molar-refractivity contribution in [2.75, 3.05) is 0 Å². The molecular formula is C14H11F3N2O. The fourth-order valence-corrected chi connectivity index (χ4v) is 1.64. The molecular weight excluding hydrogens is 269 g/mol. The van der Waals surface area contributed by atoms with Crippen molar-refractivity contribution in [1.29, 1.82) is 5.41 Å². The zero-order valence-electron chi connectivity index (χ0n) is 10.3. The Hall–Kier alpha value is -2.50. The predicted octanol–water partition coefficient (Wildman–Crippen LogP) is 2.97. The van der Waals surface area contributed by atoms with Crippen molar-refractivity contribution in [3.8, 4) is 5.75 Å². The molecule has 0 radical (unpaired) electrons. The van der Waals surface area contributed by atoms with Gasteiger partial charge in [-0.1, -0.05) is 0 Å². The molecule has 0 aliphatic rings. The lowest BCUT2D eigenvalue weighted by Crippen LogP contribution is -2.12. The molecule has 0 aromatic heterocycles. The normalized spacial score (nSPS) is 10.3. The van der Waals surface area contributed by atoms with E-state index < -0.39 is 17.5 Å². The van der Waals surface area contributed by atoms with Gasteiger partial charge in [0, 0.05) is 11.6 Å². The molecule has 0 unspecified atom stereocenters. The van der Waals surface area contributed by atoms with Gasteiger partial charge in [0.05, 0.1) is 0 Å². The molecule has 6 heteroatoms. The largest absolute Gasteiger partial charge is 0.486 e. The molecule has 2 rings (SSSR count). The first-order chi connectivity index (χ1) is 9.45. The highest BCUT2D eigenvalue weighted by atomic mass is 19.1. The molecule has 20 heavy (non-hydrogen) atoms. The smallest absolute Gasteiger partial charge is 0.167 e. The molecule has 0 aliphatic carbocycles. The van der Waals surface area contributed by atoms with Gasteiger partial charge in [-0.3, -0.25) is 5.41 Å². The number of ether oxygens (including phenoxy) is 1. The molecule has 0 saturated heterocycles. The van der Waals surface area contributed by atoms with E-state index in [1.165, 1.54) is 12.1 Å². The van der Waals surface area contributed by atoms with E-state index in [1.807, 2.05) is 0 Å². The molecule has 2 aromatic carbocycles. The summed E-state index contributed by atoms with van der Waals surface area (Å²) in [6, 6.07) is 6.67. The second-order valence-corrected chi connectivity index (χ2v) is 4.13. The molecule has 0 fully saturated rings. The van der Waals surface area contributed by atoms with Crippen molar-refractivity contribution in [3.63, 3.8) is 0 Å². The van der Waals surface area contributed by atoms with Gasteiger partial charge in [-0.05, 0) is 35.9 Å². The summed E-state index contributed by atoms with van der Waals surface area (Å²) in [5.41, 5.74) is 5.87. The van der Waals surface area contributed by atoms with E-state index >= 15 is 0 Å². The fraction of sp³-hybridized carbons (Fsp3) is 0.0714. The van der Waals surface area contributed by atoms with Crippen LogP contribution in [0.3, 0.4) is 0 Å². The molecule has 0 saturated carbocycles. The number of nitrogen functional groups attached to an aromatic ring is 1. The molecule has 0 bridgehead atoms.